The summed E-state index contributed by atoms with van der Waals surface area (Å²) in [4.78, 5) is 11.0. The maximum absolute atomic E-state index is 11.0. The molecule has 0 aliphatic carbocycles. The van der Waals surface area contributed by atoms with Crippen LogP contribution >= 0.6 is 0 Å². The van der Waals surface area contributed by atoms with E-state index in [0.29, 0.717) is 25.9 Å². The van der Waals surface area contributed by atoms with Gasteiger partial charge < -0.3 is 9.84 Å². The summed E-state index contributed by atoms with van der Waals surface area (Å²) >= 11 is 0. The van der Waals surface area contributed by atoms with Gasteiger partial charge in [0, 0.05) is 12.8 Å². The number of aliphatic hydroxyl groups is 1. The lowest BCUT2D eigenvalue weighted by atomic mass is 10.1. The number of aliphatic hydroxyl groups excluding tert-OH is 1. The third-order valence-electron chi connectivity index (χ3n) is 2.04. The van der Waals surface area contributed by atoms with Crippen LogP contribution in [0.3, 0.4) is 0 Å². The van der Waals surface area contributed by atoms with Gasteiger partial charge >= 0.3 is 5.97 Å². The maximum Gasteiger partial charge on any atom is 0.305 e. The molecule has 0 aromatic rings. The van der Waals surface area contributed by atoms with Crippen molar-refractivity contribution < 1.29 is 14.6 Å². The zero-order chi connectivity index (χ0) is 9.52. The second-order valence-electron chi connectivity index (χ2n) is 3.26. The van der Waals surface area contributed by atoms with E-state index in [1.165, 1.54) is 0 Å². The molecule has 3 nitrogen and oxygen atoms in total. The first-order valence-corrected chi connectivity index (χ1v) is 4.78. The standard InChI is InChI=1S/C10H16O3/c11-9-5-3-1-2-4-6-10(12)13-8-7-9/h1,3,9,11H,2,4-8H2/b3-1+. The maximum atomic E-state index is 11.0. The predicted octanol–water partition coefficient (Wildman–Crippen LogP) is 1.41. The second-order valence-corrected chi connectivity index (χ2v) is 3.26. The van der Waals surface area contributed by atoms with Crippen LogP contribution in [0.1, 0.15) is 32.1 Å². The summed E-state index contributed by atoms with van der Waals surface area (Å²) in [5.41, 5.74) is 0. The van der Waals surface area contributed by atoms with Gasteiger partial charge in [0.2, 0.25) is 0 Å². The Balaban J connectivity index is 2.36. The van der Waals surface area contributed by atoms with Crippen molar-refractivity contribution in [2.75, 3.05) is 6.61 Å². The highest BCUT2D eigenvalue weighted by Gasteiger charge is 2.06. The number of cyclic esters (lactones) is 1. The minimum atomic E-state index is -0.373. The van der Waals surface area contributed by atoms with Crippen molar-refractivity contribution in [3.63, 3.8) is 0 Å². The van der Waals surface area contributed by atoms with Crippen LogP contribution in [0.5, 0.6) is 0 Å². The van der Waals surface area contributed by atoms with Crippen molar-refractivity contribution in [3.05, 3.63) is 12.2 Å². The minimum Gasteiger partial charge on any atom is -0.466 e. The summed E-state index contributed by atoms with van der Waals surface area (Å²) < 4.78 is 4.92. The summed E-state index contributed by atoms with van der Waals surface area (Å²) in [6, 6.07) is 0. The van der Waals surface area contributed by atoms with Gasteiger partial charge in [-0.1, -0.05) is 12.2 Å². The number of hydrogen-bond donors (Lipinski definition) is 1. The van der Waals surface area contributed by atoms with Crippen molar-refractivity contribution in [1.29, 1.82) is 0 Å². The summed E-state index contributed by atoms with van der Waals surface area (Å²) in [7, 11) is 0. The molecule has 1 heterocycles. The van der Waals surface area contributed by atoms with E-state index in [4.69, 9.17) is 4.74 Å². The molecular weight excluding hydrogens is 168 g/mol. The number of ether oxygens (including phenoxy) is 1. The molecule has 0 saturated carbocycles. The van der Waals surface area contributed by atoms with E-state index in [1.807, 2.05) is 12.2 Å². The summed E-state index contributed by atoms with van der Waals surface area (Å²) in [6.07, 6.45) is 7.03. The van der Waals surface area contributed by atoms with Crippen molar-refractivity contribution >= 4 is 5.97 Å². The fourth-order valence-corrected chi connectivity index (χ4v) is 1.23. The summed E-state index contributed by atoms with van der Waals surface area (Å²) in [6.45, 7) is 0.341. The van der Waals surface area contributed by atoms with Crippen LogP contribution in [0.4, 0.5) is 0 Å². The molecule has 1 N–H and O–H groups in total. The molecule has 1 atom stereocenters. The molecule has 13 heavy (non-hydrogen) atoms. The Labute approximate surface area is 78.4 Å². The smallest absolute Gasteiger partial charge is 0.305 e. The molecule has 0 saturated heterocycles. The third kappa shape index (κ3) is 4.68. The van der Waals surface area contributed by atoms with Crippen molar-refractivity contribution in [2.24, 2.45) is 0 Å². The molecule has 0 amide bonds. The monoisotopic (exact) mass is 184 g/mol. The van der Waals surface area contributed by atoms with Gasteiger partial charge in [-0.3, -0.25) is 4.79 Å². The van der Waals surface area contributed by atoms with Gasteiger partial charge in [0.1, 0.15) is 0 Å². The number of esters is 1. The van der Waals surface area contributed by atoms with E-state index in [-0.39, 0.29) is 12.1 Å². The van der Waals surface area contributed by atoms with E-state index in [9.17, 15) is 9.90 Å². The average Bonchev–Trinajstić information content (AvgIpc) is 2.13. The highest BCUT2D eigenvalue weighted by Crippen LogP contribution is 2.06. The van der Waals surface area contributed by atoms with Gasteiger partial charge in [0.25, 0.3) is 0 Å². The Kier molecular flexibility index (Phi) is 4.54. The molecule has 0 radical (unpaired) electrons. The van der Waals surface area contributed by atoms with Gasteiger partial charge in [0.15, 0.2) is 0 Å². The zero-order valence-corrected chi connectivity index (χ0v) is 7.74. The molecule has 1 aliphatic rings. The van der Waals surface area contributed by atoms with E-state index < -0.39 is 0 Å². The van der Waals surface area contributed by atoms with Gasteiger partial charge in [-0.15, -0.1) is 0 Å². The van der Waals surface area contributed by atoms with Gasteiger partial charge in [-0.25, -0.2) is 0 Å². The number of hydrogen-bond acceptors (Lipinski definition) is 3. The Bertz CT molecular complexity index is 187. The van der Waals surface area contributed by atoms with E-state index in [2.05, 4.69) is 0 Å². The lowest BCUT2D eigenvalue weighted by molar-refractivity contribution is -0.144. The van der Waals surface area contributed by atoms with Crippen molar-refractivity contribution in [2.45, 2.75) is 38.2 Å². The first kappa shape index (κ1) is 10.3. The average molecular weight is 184 g/mol. The van der Waals surface area contributed by atoms with Crippen LogP contribution < -0.4 is 0 Å². The number of allylic oxidation sites excluding steroid dienone is 1. The number of rotatable bonds is 0. The molecule has 1 rings (SSSR count). The van der Waals surface area contributed by atoms with Crippen LogP contribution in [0.25, 0.3) is 0 Å². The molecule has 0 aromatic heterocycles. The van der Waals surface area contributed by atoms with Crippen LogP contribution in [-0.2, 0) is 9.53 Å². The number of carbonyl (C=O) groups is 1. The molecule has 0 fully saturated rings. The quantitative estimate of drug-likeness (QED) is 0.457. The highest BCUT2D eigenvalue weighted by molar-refractivity contribution is 5.69. The first-order chi connectivity index (χ1) is 6.29. The fraction of sp³-hybridized carbons (Fsp3) is 0.700. The molecule has 0 bridgehead atoms. The van der Waals surface area contributed by atoms with Crippen molar-refractivity contribution in [3.8, 4) is 0 Å². The minimum absolute atomic E-state index is 0.150. The SMILES string of the molecule is O=C1CCC/C=C/CC(O)CCO1. The molecular formula is C10H16O3. The number of carbonyl (C=O) groups excluding carboxylic acids is 1. The lowest BCUT2D eigenvalue weighted by Gasteiger charge is -2.07. The van der Waals surface area contributed by atoms with E-state index in [1.54, 1.807) is 0 Å². The van der Waals surface area contributed by atoms with E-state index >= 15 is 0 Å². The van der Waals surface area contributed by atoms with Crippen LogP contribution in [-0.4, -0.2) is 23.8 Å². The molecule has 74 valence electrons. The van der Waals surface area contributed by atoms with Crippen LogP contribution in [0.2, 0.25) is 0 Å². The van der Waals surface area contributed by atoms with E-state index in [0.717, 1.165) is 12.8 Å². The first-order valence-electron chi connectivity index (χ1n) is 4.78. The third-order valence-corrected chi connectivity index (χ3v) is 2.04. The Morgan fingerprint density at radius 3 is 3.15 bits per heavy atom. The van der Waals surface area contributed by atoms with Crippen LogP contribution in [0, 0.1) is 0 Å². The largest absolute Gasteiger partial charge is 0.466 e. The van der Waals surface area contributed by atoms with Gasteiger partial charge in [-0.2, -0.15) is 0 Å². The van der Waals surface area contributed by atoms with Gasteiger partial charge in [-0.05, 0) is 19.3 Å². The second kappa shape index (κ2) is 5.75. The van der Waals surface area contributed by atoms with Gasteiger partial charge in [0.05, 0.1) is 12.7 Å². The summed E-state index contributed by atoms with van der Waals surface area (Å²) in [5.74, 6) is -0.150. The van der Waals surface area contributed by atoms with Crippen LogP contribution in [0.15, 0.2) is 12.2 Å². The molecule has 0 aromatic carbocycles. The Hall–Kier alpha value is -0.830. The molecule has 3 heteroatoms. The molecule has 1 unspecified atom stereocenters. The molecule has 0 spiro atoms. The molecule has 1 aliphatic heterocycles. The summed E-state index contributed by atoms with van der Waals surface area (Å²) in [5, 5.41) is 9.37. The zero-order valence-electron chi connectivity index (χ0n) is 7.74. The van der Waals surface area contributed by atoms with Crippen molar-refractivity contribution in [1.82, 2.24) is 0 Å². The fourth-order valence-electron chi connectivity index (χ4n) is 1.23. The predicted molar refractivity (Wildman–Crippen MR) is 49.2 cm³/mol. The normalized spacial score (nSPS) is 28.7. The lowest BCUT2D eigenvalue weighted by Crippen LogP contribution is -2.12. The Morgan fingerprint density at radius 1 is 1.46 bits per heavy atom. The topological polar surface area (TPSA) is 46.5 Å². The Morgan fingerprint density at radius 2 is 2.31 bits per heavy atom. The highest BCUT2D eigenvalue weighted by atomic mass is 16.5.